The van der Waals surface area contributed by atoms with Gasteiger partial charge in [0.15, 0.2) is 5.78 Å². The third-order valence-corrected chi connectivity index (χ3v) is 7.49. The summed E-state index contributed by atoms with van der Waals surface area (Å²) in [4.78, 5) is 41.6. The molecule has 7 heteroatoms. The van der Waals surface area contributed by atoms with Gasteiger partial charge in [0.1, 0.15) is 5.92 Å². The lowest BCUT2D eigenvalue weighted by Gasteiger charge is -2.39. The quantitative estimate of drug-likeness (QED) is 0.400. The maximum absolute atomic E-state index is 14.2. The van der Waals surface area contributed by atoms with Gasteiger partial charge in [0, 0.05) is 33.7 Å². The Bertz CT molecular complexity index is 1150. The number of hydrogen-bond acceptors (Lipinski definition) is 7. The first-order valence-electron chi connectivity index (χ1n) is 12.2. The van der Waals surface area contributed by atoms with Gasteiger partial charge in [0.2, 0.25) is 0 Å². The summed E-state index contributed by atoms with van der Waals surface area (Å²) in [6.07, 6.45) is 1.95. The topological polar surface area (TPSA) is 81.7 Å². The molecule has 0 fully saturated rings. The molecule has 1 aliphatic heterocycles. The number of ether oxygens (including phenoxy) is 2. The molecule has 0 radical (unpaired) electrons. The normalized spacial score (nSPS) is 21.9. The number of Topliss-reactive ketones (excluding diaryl/α,β-unsaturated/α-hetero) is 1. The maximum Gasteiger partial charge on any atom is 0.336 e. The number of dihydropyridines is 1. The van der Waals surface area contributed by atoms with E-state index in [1.807, 2.05) is 47.8 Å². The summed E-state index contributed by atoms with van der Waals surface area (Å²) < 4.78 is 10.8. The molecule has 0 unspecified atom stereocenters. The first-order valence-corrected chi connectivity index (χ1v) is 13.1. The summed E-state index contributed by atoms with van der Waals surface area (Å²) in [6, 6.07) is 13.4. The smallest absolute Gasteiger partial charge is 0.336 e. The molecule has 6 nitrogen and oxygen atoms in total. The Labute approximate surface area is 210 Å². The molecule has 1 aromatic carbocycles. The van der Waals surface area contributed by atoms with Gasteiger partial charge in [-0.15, -0.1) is 11.3 Å². The molecule has 0 amide bonds. The van der Waals surface area contributed by atoms with Crippen LogP contribution in [0.15, 0.2) is 70.4 Å². The van der Waals surface area contributed by atoms with E-state index in [0.717, 1.165) is 28.3 Å². The summed E-state index contributed by atoms with van der Waals surface area (Å²) >= 11 is 1.53. The molecule has 0 saturated carbocycles. The molecule has 1 N–H and O–H groups in total. The van der Waals surface area contributed by atoms with E-state index in [0.29, 0.717) is 24.0 Å². The lowest BCUT2D eigenvalue weighted by Crippen LogP contribution is -2.43. The molecular weight excluding hydrogens is 462 g/mol. The fraction of sp³-hybridized carbons (Fsp3) is 0.393. The highest BCUT2D eigenvalue weighted by atomic mass is 32.1. The number of benzene rings is 1. The molecule has 2 heterocycles. The van der Waals surface area contributed by atoms with Crippen LogP contribution >= 0.6 is 11.3 Å². The molecule has 35 heavy (non-hydrogen) atoms. The predicted octanol–water partition coefficient (Wildman–Crippen LogP) is 5.24. The second kappa shape index (κ2) is 11.0. The minimum atomic E-state index is -0.962. The highest BCUT2D eigenvalue weighted by Gasteiger charge is 2.49. The van der Waals surface area contributed by atoms with Gasteiger partial charge in [-0.05, 0) is 43.7 Å². The van der Waals surface area contributed by atoms with E-state index >= 15 is 0 Å². The first-order chi connectivity index (χ1) is 17.0. The summed E-state index contributed by atoms with van der Waals surface area (Å²) in [5, 5.41) is 5.40. The van der Waals surface area contributed by atoms with Gasteiger partial charge in [-0.25, -0.2) is 4.79 Å². The molecule has 184 valence electrons. The lowest BCUT2D eigenvalue weighted by atomic mass is 9.68. The number of carbonyl (C=O) groups excluding carboxylic acids is 3. The van der Waals surface area contributed by atoms with Gasteiger partial charge in [-0.1, -0.05) is 49.7 Å². The third-order valence-electron chi connectivity index (χ3n) is 6.48. The summed E-state index contributed by atoms with van der Waals surface area (Å²) in [5.74, 6) is -3.14. The third kappa shape index (κ3) is 4.82. The minimum absolute atomic E-state index is 0.195. The van der Waals surface area contributed by atoms with Crippen molar-refractivity contribution in [2.45, 2.75) is 51.9 Å². The molecule has 0 spiro atoms. The minimum Gasteiger partial charge on any atom is -0.465 e. The van der Waals surface area contributed by atoms with Crippen LogP contribution in [-0.2, 0) is 23.9 Å². The van der Waals surface area contributed by atoms with E-state index in [1.165, 1.54) is 11.3 Å². The van der Waals surface area contributed by atoms with Gasteiger partial charge in [0.05, 0.1) is 18.8 Å². The van der Waals surface area contributed by atoms with Crippen LogP contribution in [0.25, 0.3) is 0 Å². The Balaban J connectivity index is 1.90. The van der Waals surface area contributed by atoms with Crippen molar-refractivity contribution < 1.29 is 23.9 Å². The van der Waals surface area contributed by atoms with Crippen molar-refractivity contribution in [3.63, 3.8) is 0 Å². The van der Waals surface area contributed by atoms with Gasteiger partial charge in [-0.2, -0.15) is 0 Å². The van der Waals surface area contributed by atoms with Crippen LogP contribution in [0.2, 0.25) is 0 Å². The number of carbonyl (C=O) groups is 3. The van der Waals surface area contributed by atoms with Crippen LogP contribution < -0.4 is 5.32 Å². The van der Waals surface area contributed by atoms with Crippen LogP contribution in [0.5, 0.6) is 0 Å². The fourth-order valence-electron chi connectivity index (χ4n) is 5.10. The van der Waals surface area contributed by atoms with E-state index in [-0.39, 0.29) is 24.9 Å². The number of hydrogen-bond donors (Lipinski definition) is 1. The average molecular weight is 494 g/mol. The van der Waals surface area contributed by atoms with E-state index in [1.54, 1.807) is 13.8 Å². The molecule has 0 saturated heterocycles. The van der Waals surface area contributed by atoms with Crippen molar-refractivity contribution in [1.82, 2.24) is 5.32 Å². The fourth-order valence-corrected chi connectivity index (χ4v) is 5.96. The summed E-state index contributed by atoms with van der Waals surface area (Å²) in [5.41, 5.74) is 3.29. The number of thiophene rings is 1. The van der Waals surface area contributed by atoms with Crippen LogP contribution in [0.1, 0.15) is 62.3 Å². The van der Waals surface area contributed by atoms with Crippen molar-refractivity contribution in [2.24, 2.45) is 5.92 Å². The largest absolute Gasteiger partial charge is 0.465 e. The number of allylic oxidation sites excluding steroid dienone is 3. The van der Waals surface area contributed by atoms with Crippen LogP contribution in [0.4, 0.5) is 0 Å². The van der Waals surface area contributed by atoms with Crippen LogP contribution in [0.3, 0.4) is 0 Å². The van der Waals surface area contributed by atoms with Crippen molar-refractivity contribution >= 4 is 29.1 Å². The zero-order valence-corrected chi connectivity index (χ0v) is 21.2. The highest BCUT2D eigenvalue weighted by Crippen LogP contribution is 2.49. The Morgan fingerprint density at radius 2 is 1.77 bits per heavy atom. The number of esters is 2. The van der Waals surface area contributed by atoms with Crippen LogP contribution in [-0.4, -0.2) is 30.9 Å². The molecule has 1 aromatic heterocycles. The monoisotopic (exact) mass is 493 g/mol. The van der Waals surface area contributed by atoms with Crippen molar-refractivity contribution in [3.8, 4) is 0 Å². The average Bonchev–Trinajstić information content (AvgIpc) is 3.39. The second-order valence-corrected chi connectivity index (χ2v) is 9.62. The zero-order valence-electron chi connectivity index (χ0n) is 20.3. The van der Waals surface area contributed by atoms with E-state index < -0.39 is 23.8 Å². The van der Waals surface area contributed by atoms with Gasteiger partial charge in [-0.3, -0.25) is 9.59 Å². The number of nitrogens with one attached hydrogen (secondary N) is 1. The van der Waals surface area contributed by atoms with Gasteiger partial charge >= 0.3 is 11.9 Å². The number of rotatable bonds is 8. The summed E-state index contributed by atoms with van der Waals surface area (Å²) in [7, 11) is 0. The van der Waals surface area contributed by atoms with Crippen molar-refractivity contribution in [3.05, 3.63) is 80.8 Å². The predicted molar refractivity (Wildman–Crippen MR) is 135 cm³/mol. The molecule has 0 bridgehead atoms. The molecule has 2 aliphatic rings. The molecule has 1 aliphatic carbocycles. The van der Waals surface area contributed by atoms with Gasteiger partial charge in [0.25, 0.3) is 0 Å². The molecule has 2 aromatic rings. The van der Waals surface area contributed by atoms with E-state index in [2.05, 4.69) is 12.2 Å². The molecule has 4 rings (SSSR count). The Kier molecular flexibility index (Phi) is 7.86. The Hall–Kier alpha value is -3.19. The standard InChI is InChI=1S/C28H31NO5S/c1-4-11-19-25(28(32)34-6-3)22(17-12-8-7-9-13-17)24-20(29-19)16-18(21-14-10-15-35-21)23(26(24)30)27(31)33-5-2/h7-10,12-15,18,22-23,29H,4-6,11,16H2,1-3H3/t18-,22+,23-/m0/s1. The lowest BCUT2D eigenvalue weighted by molar-refractivity contribution is -0.152. The van der Waals surface area contributed by atoms with Crippen molar-refractivity contribution in [2.75, 3.05) is 13.2 Å². The number of ketones is 1. The molecular formula is C28H31NO5S. The van der Waals surface area contributed by atoms with Gasteiger partial charge < -0.3 is 14.8 Å². The first kappa shape index (κ1) is 24.9. The van der Waals surface area contributed by atoms with E-state index in [4.69, 9.17) is 9.47 Å². The SMILES string of the molecule is CCCC1=C(C(=O)OCC)[C@H](c2ccccc2)C2=C(C[C@@H](c3cccs3)[C@H](C(=O)OCC)C2=O)N1. The van der Waals surface area contributed by atoms with Crippen molar-refractivity contribution in [1.29, 1.82) is 0 Å². The van der Waals surface area contributed by atoms with E-state index in [9.17, 15) is 14.4 Å². The Morgan fingerprint density at radius 3 is 2.40 bits per heavy atom. The highest BCUT2D eigenvalue weighted by molar-refractivity contribution is 7.10. The molecule has 3 atom stereocenters. The maximum atomic E-state index is 14.2. The summed E-state index contributed by atoms with van der Waals surface area (Å²) in [6.45, 7) is 5.99. The Morgan fingerprint density at radius 1 is 1.03 bits per heavy atom. The van der Waals surface area contributed by atoms with Crippen LogP contribution in [0, 0.1) is 5.92 Å². The zero-order chi connectivity index (χ0) is 24.9. The second-order valence-electron chi connectivity index (χ2n) is 8.64.